The number of thiophene rings is 1. The van der Waals surface area contributed by atoms with Crippen LogP contribution in [0.4, 0.5) is 0 Å². The Balaban J connectivity index is 2.15. The highest BCUT2D eigenvalue weighted by Gasteiger charge is 2.25. The maximum atomic E-state index is 12.6. The van der Waals surface area contributed by atoms with Gasteiger partial charge in [0.15, 0.2) is 0 Å². The van der Waals surface area contributed by atoms with Gasteiger partial charge < -0.3 is 10.0 Å². The molecule has 3 nitrogen and oxygen atoms in total. The van der Waals surface area contributed by atoms with Crippen LogP contribution >= 0.6 is 11.3 Å². The SMILES string of the molecule is Cc1cc(C(=O)N2CCCCC2C)sc1C#CCCO. The molecule has 1 unspecified atom stereocenters. The fraction of sp³-hybridized carbons (Fsp3) is 0.562. The van der Waals surface area contributed by atoms with Crippen LogP contribution in [-0.2, 0) is 0 Å². The standard InChI is InChI=1S/C16H21NO2S/c1-12-11-15(20-14(12)8-4-6-10-18)16(19)17-9-5-3-7-13(17)2/h11,13,18H,3,5-7,9-10H2,1-2H3. The molecule has 1 aromatic heterocycles. The summed E-state index contributed by atoms with van der Waals surface area (Å²) in [6, 6.07) is 2.28. The van der Waals surface area contributed by atoms with Gasteiger partial charge in [-0.15, -0.1) is 11.3 Å². The Labute approximate surface area is 124 Å². The third-order valence-corrected chi connectivity index (χ3v) is 4.77. The maximum Gasteiger partial charge on any atom is 0.264 e. The van der Waals surface area contributed by atoms with Crippen molar-refractivity contribution in [1.29, 1.82) is 0 Å². The quantitative estimate of drug-likeness (QED) is 0.851. The van der Waals surface area contributed by atoms with Crippen LogP contribution < -0.4 is 0 Å². The van der Waals surface area contributed by atoms with Gasteiger partial charge in [0.25, 0.3) is 5.91 Å². The van der Waals surface area contributed by atoms with Crippen LogP contribution in [0.1, 0.15) is 52.7 Å². The van der Waals surface area contributed by atoms with Crippen molar-refractivity contribution in [3.8, 4) is 11.8 Å². The summed E-state index contributed by atoms with van der Waals surface area (Å²) >= 11 is 1.47. The van der Waals surface area contributed by atoms with E-state index >= 15 is 0 Å². The molecule has 0 saturated carbocycles. The molecule has 1 fully saturated rings. The van der Waals surface area contributed by atoms with E-state index < -0.39 is 0 Å². The number of aryl methyl sites for hydroxylation is 1. The Bertz CT molecular complexity index is 538. The van der Waals surface area contributed by atoms with Gasteiger partial charge in [-0.3, -0.25) is 4.79 Å². The minimum absolute atomic E-state index is 0.0779. The van der Waals surface area contributed by atoms with Crippen molar-refractivity contribution in [3.63, 3.8) is 0 Å². The number of carbonyl (C=O) groups excluding carboxylic acids is 1. The average molecular weight is 291 g/mol. The molecule has 0 radical (unpaired) electrons. The molecule has 4 heteroatoms. The second-order valence-electron chi connectivity index (χ2n) is 5.24. The molecule has 0 spiro atoms. The summed E-state index contributed by atoms with van der Waals surface area (Å²) in [7, 11) is 0. The lowest BCUT2D eigenvalue weighted by molar-refractivity contribution is 0.0640. The predicted octanol–water partition coefficient (Wildman–Crippen LogP) is 2.81. The van der Waals surface area contributed by atoms with Crippen LogP contribution in [0.3, 0.4) is 0 Å². The predicted molar refractivity (Wildman–Crippen MR) is 82.0 cm³/mol. The molecule has 0 bridgehead atoms. The van der Waals surface area contributed by atoms with E-state index in [4.69, 9.17) is 5.11 Å². The zero-order valence-corrected chi connectivity index (χ0v) is 12.9. The van der Waals surface area contributed by atoms with E-state index in [9.17, 15) is 4.79 Å². The molecular formula is C16H21NO2S. The zero-order valence-electron chi connectivity index (χ0n) is 12.1. The number of rotatable bonds is 2. The molecule has 1 N–H and O–H groups in total. The summed E-state index contributed by atoms with van der Waals surface area (Å²) in [6.45, 7) is 5.05. The van der Waals surface area contributed by atoms with Crippen LogP contribution in [0.5, 0.6) is 0 Å². The molecule has 1 atom stereocenters. The number of carbonyl (C=O) groups is 1. The summed E-state index contributed by atoms with van der Waals surface area (Å²) < 4.78 is 0. The Morgan fingerprint density at radius 1 is 1.55 bits per heavy atom. The normalized spacial score (nSPS) is 18.6. The average Bonchev–Trinajstić information content (AvgIpc) is 2.80. The smallest absolute Gasteiger partial charge is 0.264 e. The minimum Gasteiger partial charge on any atom is -0.395 e. The van der Waals surface area contributed by atoms with Gasteiger partial charge in [0.2, 0.25) is 0 Å². The Hall–Kier alpha value is -1.31. The van der Waals surface area contributed by atoms with Gasteiger partial charge in [-0.1, -0.05) is 11.8 Å². The fourth-order valence-corrected chi connectivity index (χ4v) is 3.45. The number of aliphatic hydroxyl groups excluding tert-OH is 1. The number of nitrogens with zero attached hydrogens (tertiary/aromatic N) is 1. The van der Waals surface area contributed by atoms with E-state index in [-0.39, 0.29) is 12.5 Å². The molecule has 20 heavy (non-hydrogen) atoms. The molecular weight excluding hydrogens is 270 g/mol. The molecule has 1 saturated heterocycles. The van der Waals surface area contributed by atoms with Crippen molar-refractivity contribution in [2.75, 3.05) is 13.2 Å². The van der Waals surface area contributed by atoms with Crippen LogP contribution in [0.25, 0.3) is 0 Å². The molecule has 108 valence electrons. The molecule has 1 aliphatic heterocycles. The van der Waals surface area contributed by atoms with Gasteiger partial charge >= 0.3 is 0 Å². The van der Waals surface area contributed by atoms with E-state index in [2.05, 4.69) is 18.8 Å². The van der Waals surface area contributed by atoms with Crippen LogP contribution in [0.15, 0.2) is 6.07 Å². The van der Waals surface area contributed by atoms with Gasteiger partial charge in [0.1, 0.15) is 0 Å². The van der Waals surface area contributed by atoms with E-state index in [0.717, 1.165) is 34.7 Å². The topological polar surface area (TPSA) is 40.5 Å². The zero-order chi connectivity index (χ0) is 14.5. The highest BCUT2D eigenvalue weighted by molar-refractivity contribution is 7.14. The third kappa shape index (κ3) is 3.41. The largest absolute Gasteiger partial charge is 0.395 e. The molecule has 0 aromatic carbocycles. The Morgan fingerprint density at radius 3 is 3.05 bits per heavy atom. The van der Waals surface area contributed by atoms with E-state index in [1.54, 1.807) is 0 Å². The van der Waals surface area contributed by atoms with Crippen LogP contribution in [0.2, 0.25) is 0 Å². The van der Waals surface area contributed by atoms with Crippen molar-refractivity contribution in [2.24, 2.45) is 0 Å². The van der Waals surface area contributed by atoms with Crippen molar-refractivity contribution >= 4 is 17.2 Å². The highest BCUT2D eigenvalue weighted by atomic mass is 32.1. The molecule has 1 amide bonds. The van der Waals surface area contributed by atoms with Gasteiger partial charge in [-0.05, 0) is 44.7 Å². The number of hydrogen-bond acceptors (Lipinski definition) is 3. The van der Waals surface area contributed by atoms with Gasteiger partial charge in [0, 0.05) is 19.0 Å². The van der Waals surface area contributed by atoms with Crippen LogP contribution in [0, 0.1) is 18.8 Å². The van der Waals surface area contributed by atoms with Gasteiger partial charge in [-0.25, -0.2) is 0 Å². The summed E-state index contributed by atoms with van der Waals surface area (Å²) in [5.74, 6) is 6.10. The minimum atomic E-state index is 0.0779. The van der Waals surface area contributed by atoms with E-state index in [0.29, 0.717) is 12.5 Å². The number of piperidine rings is 1. The first kappa shape index (κ1) is 15.1. The Kier molecular flexibility index (Phi) is 5.22. The van der Waals surface area contributed by atoms with E-state index in [1.807, 2.05) is 17.9 Å². The lowest BCUT2D eigenvalue weighted by Gasteiger charge is -2.33. The van der Waals surface area contributed by atoms with Gasteiger partial charge in [0.05, 0.1) is 16.4 Å². The summed E-state index contributed by atoms with van der Waals surface area (Å²) in [6.07, 6.45) is 3.89. The third-order valence-electron chi connectivity index (χ3n) is 3.63. The lowest BCUT2D eigenvalue weighted by atomic mass is 10.0. The molecule has 1 aromatic rings. The first-order valence-electron chi connectivity index (χ1n) is 7.14. The number of hydrogen-bond donors (Lipinski definition) is 1. The monoisotopic (exact) mass is 291 g/mol. The number of likely N-dealkylation sites (tertiary alicyclic amines) is 1. The van der Waals surface area contributed by atoms with Crippen molar-refractivity contribution in [3.05, 3.63) is 21.4 Å². The summed E-state index contributed by atoms with van der Waals surface area (Å²) in [5.41, 5.74) is 1.05. The van der Waals surface area contributed by atoms with E-state index in [1.165, 1.54) is 17.8 Å². The molecule has 2 rings (SSSR count). The molecule has 2 heterocycles. The fourth-order valence-electron chi connectivity index (χ4n) is 2.45. The summed E-state index contributed by atoms with van der Waals surface area (Å²) in [4.78, 5) is 16.3. The van der Waals surface area contributed by atoms with Crippen LogP contribution in [-0.4, -0.2) is 35.1 Å². The molecule has 0 aliphatic carbocycles. The molecule has 1 aliphatic rings. The van der Waals surface area contributed by atoms with Crippen molar-refractivity contribution < 1.29 is 9.90 Å². The van der Waals surface area contributed by atoms with Gasteiger partial charge in [-0.2, -0.15) is 0 Å². The number of amides is 1. The lowest BCUT2D eigenvalue weighted by Crippen LogP contribution is -2.41. The first-order chi connectivity index (χ1) is 9.63. The second-order valence-corrected chi connectivity index (χ2v) is 6.29. The Morgan fingerprint density at radius 2 is 2.35 bits per heavy atom. The maximum absolute atomic E-state index is 12.6. The first-order valence-corrected chi connectivity index (χ1v) is 7.96. The highest BCUT2D eigenvalue weighted by Crippen LogP contribution is 2.25. The van der Waals surface area contributed by atoms with Crippen molar-refractivity contribution in [2.45, 2.75) is 45.6 Å². The summed E-state index contributed by atoms with van der Waals surface area (Å²) in [5, 5.41) is 8.75. The van der Waals surface area contributed by atoms with Crippen molar-refractivity contribution in [1.82, 2.24) is 4.90 Å². The number of aliphatic hydroxyl groups is 1. The second kappa shape index (κ2) is 6.92.